The molecule has 0 radical (unpaired) electrons. The SMILES string of the molecule is OC1CCCC2NCCc3c2n1c1cc(Br)ccc31. The van der Waals surface area contributed by atoms with Gasteiger partial charge < -0.3 is 15.0 Å². The van der Waals surface area contributed by atoms with Crippen molar-refractivity contribution in [3.63, 3.8) is 0 Å². The molecular weight excluding hydrogens is 304 g/mol. The van der Waals surface area contributed by atoms with Crippen LogP contribution in [-0.2, 0) is 6.42 Å². The van der Waals surface area contributed by atoms with Gasteiger partial charge in [0.1, 0.15) is 6.23 Å². The predicted molar refractivity (Wildman–Crippen MR) is 79.2 cm³/mol. The lowest BCUT2D eigenvalue weighted by atomic mass is 9.96. The van der Waals surface area contributed by atoms with Gasteiger partial charge in [0.15, 0.2) is 0 Å². The number of fused-ring (bicyclic) bond motifs is 3. The van der Waals surface area contributed by atoms with Crippen LogP contribution in [0.3, 0.4) is 0 Å². The quantitative estimate of drug-likeness (QED) is 0.781. The van der Waals surface area contributed by atoms with Gasteiger partial charge in [-0.15, -0.1) is 0 Å². The number of aromatic nitrogens is 1. The number of halogens is 1. The molecule has 2 unspecified atom stereocenters. The fourth-order valence-corrected chi connectivity index (χ4v) is 4.02. The monoisotopic (exact) mass is 320 g/mol. The van der Waals surface area contributed by atoms with Crippen molar-refractivity contribution >= 4 is 26.8 Å². The van der Waals surface area contributed by atoms with Crippen molar-refractivity contribution < 1.29 is 5.11 Å². The molecule has 0 amide bonds. The second-order valence-corrected chi connectivity index (χ2v) is 6.48. The molecule has 0 spiro atoms. The standard InChI is InChI=1S/C15H17BrN2O/c16-9-4-5-10-11-6-7-17-12-2-1-3-14(19)18(15(11)12)13(10)8-9/h4-5,8,12,14,17,19H,1-3,6-7H2. The molecule has 2 aromatic rings. The topological polar surface area (TPSA) is 37.2 Å². The summed E-state index contributed by atoms with van der Waals surface area (Å²) in [6.45, 7) is 1.04. The Bertz CT molecular complexity index is 649. The van der Waals surface area contributed by atoms with E-state index < -0.39 is 0 Å². The summed E-state index contributed by atoms with van der Waals surface area (Å²) in [5.74, 6) is 0. The molecule has 0 saturated carbocycles. The zero-order valence-electron chi connectivity index (χ0n) is 10.7. The first-order chi connectivity index (χ1) is 9.25. The van der Waals surface area contributed by atoms with E-state index in [4.69, 9.17) is 0 Å². The number of hydrogen-bond acceptors (Lipinski definition) is 2. The molecule has 4 rings (SSSR count). The molecule has 1 aromatic carbocycles. The van der Waals surface area contributed by atoms with Crippen LogP contribution in [0.15, 0.2) is 22.7 Å². The van der Waals surface area contributed by atoms with Gasteiger partial charge in [0.25, 0.3) is 0 Å². The molecule has 0 aliphatic carbocycles. The number of benzene rings is 1. The summed E-state index contributed by atoms with van der Waals surface area (Å²) in [4.78, 5) is 0. The van der Waals surface area contributed by atoms with Gasteiger partial charge in [-0.2, -0.15) is 0 Å². The molecule has 2 aliphatic rings. The van der Waals surface area contributed by atoms with Crippen LogP contribution < -0.4 is 5.32 Å². The van der Waals surface area contributed by atoms with Crippen molar-refractivity contribution in [3.8, 4) is 0 Å². The molecule has 4 heteroatoms. The van der Waals surface area contributed by atoms with Gasteiger partial charge in [0.2, 0.25) is 0 Å². The summed E-state index contributed by atoms with van der Waals surface area (Å²) in [5, 5.41) is 15.4. The lowest BCUT2D eigenvalue weighted by molar-refractivity contribution is 0.0987. The van der Waals surface area contributed by atoms with Crippen molar-refractivity contribution in [2.75, 3.05) is 6.54 Å². The maximum Gasteiger partial charge on any atom is 0.131 e. The second-order valence-electron chi connectivity index (χ2n) is 5.56. The fourth-order valence-electron chi connectivity index (χ4n) is 3.67. The van der Waals surface area contributed by atoms with E-state index in [1.165, 1.54) is 22.2 Å². The van der Waals surface area contributed by atoms with Crippen LogP contribution >= 0.6 is 15.9 Å². The van der Waals surface area contributed by atoms with Crippen LogP contribution in [0.2, 0.25) is 0 Å². The maximum absolute atomic E-state index is 10.5. The molecular formula is C15H17BrN2O. The van der Waals surface area contributed by atoms with E-state index in [9.17, 15) is 5.11 Å². The minimum atomic E-state index is -0.384. The Morgan fingerprint density at radius 3 is 3.11 bits per heavy atom. The van der Waals surface area contributed by atoms with E-state index in [1.54, 1.807) is 0 Å². The fraction of sp³-hybridized carbons (Fsp3) is 0.467. The van der Waals surface area contributed by atoms with Crippen molar-refractivity contribution in [3.05, 3.63) is 33.9 Å². The Balaban J connectivity index is 2.09. The Kier molecular flexibility index (Phi) is 2.72. The lowest BCUT2D eigenvalue weighted by Crippen LogP contribution is -2.30. The van der Waals surface area contributed by atoms with Crippen LogP contribution in [0.1, 0.15) is 42.8 Å². The third-order valence-electron chi connectivity index (χ3n) is 4.46. The van der Waals surface area contributed by atoms with E-state index in [0.29, 0.717) is 6.04 Å². The summed E-state index contributed by atoms with van der Waals surface area (Å²) in [6.07, 6.45) is 3.73. The number of hydrogen-bond donors (Lipinski definition) is 2. The second kappa shape index (κ2) is 4.33. The van der Waals surface area contributed by atoms with Gasteiger partial charge in [-0.25, -0.2) is 0 Å². The summed E-state index contributed by atoms with van der Waals surface area (Å²) < 4.78 is 3.24. The minimum Gasteiger partial charge on any atom is -0.373 e. The summed E-state index contributed by atoms with van der Waals surface area (Å²) in [6, 6.07) is 6.83. The third kappa shape index (κ3) is 1.70. The number of nitrogens with one attached hydrogen (secondary N) is 1. The molecule has 3 nitrogen and oxygen atoms in total. The highest BCUT2D eigenvalue weighted by Gasteiger charge is 2.31. The number of aliphatic hydroxyl groups is 1. The number of rotatable bonds is 0. The summed E-state index contributed by atoms with van der Waals surface area (Å²) >= 11 is 3.55. The molecule has 2 aliphatic heterocycles. The van der Waals surface area contributed by atoms with E-state index >= 15 is 0 Å². The van der Waals surface area contributed by atoms with Crippen molar-refractivity contribution in [2.45, 2.75) is 38.0 Å². The van der Waals surface area contributed by atoms with Gasteiger partial charge in [0, 0.05) is 21.6 Å². The van der Waals surface area contributed by atoms with E-state index in [1.807, 2.05) is 0 Å². The predicted octanol–water partition coefficient (Wildman–Crippen LogP) is 3.27. The Morgan fingerprint density at radius 2 is 2.21 bits per heavy atom. The van der Waals surface area contributed by atoms with Crippen LogP contribution in [0.25, 0.3) is 10.9 Å². The van der Waals surface area contributed by atoms with Gasteiger partial charge in [0.05, 0.1) is 5.52 Å². The first-order valence-electron chi connectivity index (χ1n) is 6.99. The number of aliphatic hydroxyl groups excluding tert-OH is 1. The Hall–Kier alpha value is -0.840. The molecule has 2 N–H and O–H groups in total. The molecule has 1 aromatic heterocycles. The molecule has 2 atom stereocenters. The largest absolute Gasteiger partial charge is 0.373 e. The van der Waals surface area contributed by atoms with Crippen molar-refractivity contribution in [2.24, 2.45) is 0 Å². The van der Waals surface area contributed by atoms with Gasteiger partial charge in [-0.3, -0.25) is 0 Å². The zero-order chi connectivity index (χ0) is 13.0. The smallest absolute Gasteiger partial charge is 0.131 e. The number of nitrogens with zero attached hydrogens (tertiary/aromatic N) is 1. The van der Waals surface area contributed by atoms with Crippen LogP contribution in [0, 0.1) is 0 Å². The van der Waals surface area contributed by atoms with Gasteiger partial charge >= 0.3 is 0 Å². The average molecular weight is 321 g/mol. The van der Waals surface area contributed by atoms with Crippen molar-refractivity contribution in [1.29, 1.82) is 0 Å². The first-order valence-corrected chi connectivity index (χ1v) is 7.78. The molecule has 0 bridgehead atoms. The first kappa shape index (κ1) is 11.9. The summed E-state index contributed by atoms with van der Waals surface area (Å²) in [5.41, 5.74) is 3.93. The Labute approximate surface area is 120 Å². The zero-order valence-corrected chi connectivity index (χ0v) is 12.3. The maximum atomic E-state index is 10.5. The average Bonchev–Trinajstić information content (AvgIpc) is 2.62. The van der Waals surface area contributed by atoms with E-state index in [0.717, 1.165) is 36.7 Å². The highest BCUT2D eigenvalue weighted by molar-refractivity contribution is 9.10. The molecule has 3 heterocycles. The van der Waals surface area contributed by atoms with Crippen LogP contribution in [-0.4, -0.2) is 16.2 Å². The van der Waals surface area contributed by atoms with Gasteiger partial charge in [-0.1, -0.05) is 22.0 Å². The molecule has 19 heavy (non-hydrogen) atoms. The highest BCUT2D eigenvalue weighted by Crippen LogP contribution is 2.41. The van der Waals surface area contributed by atoms with Crippen LogP contribution in [0.5, 0.6) is 0 Å². The van der Waals surface area contributed by atoms with E-state index in [-0.39, 0.29) is 6.23 Å². The summed E-state index contributed by atoms with van der Waals surface area (Å²) in [7, 11) is 0. The molecule has 0 fully saturated rings. The van der Waals surface area contributed by atoms with Crippen molar-refractivity contribution in [1.82, 2.24) is 9.88 Å². The lowest BCUT2D eigenvalue weighted by Gasteiger charge is -2.25. The highest BCUT2D eigenvalue weighted by atomic mass is 79.9. The normalized spacial score (nSPS) is 26.2. The molecule has 100 valence electrons. The molecule has 0 saturated heterocycles. The van der Waals surface area contributed by atoms with Crippen LogP contribution in [0.4, 0.5) is 0 Å². The Morgan fingerprint density at radius 1 is 1.32 bits per heavy atom. The van der Waals surface area contributed by atoms with Gasteiger partial charge in [-0.05, 0) is 49.9 Å². The minimum absolute atomic E-state index is 0.384. The van der Waals surface area contributed by atoms with E-state index in [2.05, 4.69) is 44.0 Å². The third-order valence-corrected chi connectivity index (χ3v) is 4.96.